The van der Waals surface area contributed by atoms with Crippen molar-refractivity contribution in [2.45, 2.75) is 32.2 Å². The van der Waals surface area contributed by atoms with Gasteiger partial charge in [0.05, 0.1) is 11.0 Å². The van der Waals surface area contributed by atoms with Crippen molar-refractivity contribution in [3.05, 3.63) is 70.6 Å². The third-order valence-corrected chi connectivity index (χ3v) is 5.59. The fourth-order valence-corrected chi connectivity index (χ4v) is 4.18. The normalized spacial score (nSPS) is 15.5. The fraction of sp³-hybridized carbons (Fsp3) is 0.409. The molecule has 1 saturated heterocycles. The molecule has 1 aliphatic rings. The SMILES string of the molecule is O=c1n(CCCO)c2ccccc2n1N1CCC(Cc2ccccc2)CC1. The Bertz CT molecular complexity index is 937. The number of hydrogen-bond acceptors (Lipinski definition) is 3. The van der Waals surface area contributed by atoms with Crippen LogP contribution in [0.5, 0.6) is 0 Å². The first-order chi connectivity index (χ1) is 13.3. The second-order valence-corrected chi connectivity index (χ2v) is 7.40. The summed E-state index contributed by atoms with van der Waals surface area (Å²) in [6.45, 7) is 2.43. The van der Waals surface area contributed by atoms with Gasteiger partial charge in [0.15, 0.2) is 0 Å². The van der Waals surface area contributed by atoms with Crippen LogP contribution in [0, 0.1) is 5.92 Å². The van der Waals surface area contributed by atoms with E-state index in [-0.39, 0.29) is 12.3 Å². The van der Waals surface area contributed by atoms with Crippen LogP contribution in [0.1, 0.15) is 24.8 Å². The Kier molecular flexibility index (Phi) is 5.30. The van der Waals surface area contributed by atoms with E-state index in [1.54, 1.807) is 4.57 Å². The summed E-state index contributed by atoms with van der Waals surface area (Å²) in [4.78, 5) is 13.1. The van der Waals surface area contributed by atoms with E-state index in [0.29, 0.717) is 18.9 Å². The van der Waals surface area contributed by atoms with Crippen LogP contribution in [0.2, 0.25) is 0 Å². The molecule has 142 valence electrons. The predicted molar refractivity (Wildman–Crippen MR) is 109 cm³/mol. The largest absolute Gasteiger partial charge is 0.396 e. The molecule has 0 amide bonds. The standard InChI is InChI=1S/C22H27N3O2/c26-16-6-13-24-20-9-4-5-10-21(20)25(22(24)27)23-14-11-19(12-15-23)17-18-7-2-1-3-8-18/h1-5,7-10,19,26H,6,11-17H2. The zero-order valence-corrected chi connectivity index (χ0v) is 15.6. The van der Waals surface area contributed by atoms with Crippen molar-refractivity contribution in [2.75, 3.05) is 24.7 Å². The number of aryl methyl sites for hydroxylation is 1. The van der Waals surface area contributed by atoms with Gasteiger partial charge in [-0.3, -0.25) is 4.57 Å². The lowest BCUT2D eigenvalue weighted by Crippen LogP contribution is -2.47. The summed E-state index contributed by atoms with van der Waals surface area (Å²) in [6.07, 6.45) is 3.89. The number of fused-ring (bicyclic) bond motifs is 1. The summed E-state index contributed by atoms with van der Waals surface area (Å²) < 4.78 is 3.65. The van der Waals surface area contributed by atoms with E-state index >= 15 is 0 Å². The Morgan fingerprint density at radius 1 is 0.926 bits per heavy atom. The van der Waals surface area contributed by atoms with E-state index in [1.165, 1.54) is 5.56 Å². The third kappa shape index (κ3) is 3.65. The molecule has 0 aliphatic carbocycles. The van der Waals surface area contributed by atoms with E-state index in [9.17, 15) is 4.79 Å². The number of piperidine rings is 1. The van der Waals surface area contributed by atoms with Gasteiger partial charge in [-0.25, -0.2) is 9.47 Å². The summed E-state index contributed by atoms with van der Waals surface area (Å²) in [6, 6.07) is 18.6. The number of nitrogens with zero attached hydrogens (tertiary/aromatic N) is 3. The van der Waals surface area contributed by atoms with Crippen LogP contribution >= 0.6 is 0 Å². The number of aliphatic hydroxyl groups is 1. The van der Waals surface area contributed by atoms with E-state index in [2.05, 4.69) is 35.3 Å². The van der Waals surface area contributed by atoms with Crippen molar-refractivity contribution >= 4 is 11.0 Å². The molecule has 1 aromatic heterocycles. The molecule has 0 radical (unpaired) electrons. The van der Waals surface area contributed by atoms with Crippen LogP contribution in [-0.4, -0.2) is 34.0 Å². The van der Waals surface area contributed by atoms with Gasteiger partial charge in [0.2, 0.25) is 0 Å². The molecule has 27 heavy (non-hydrogen) atoms. The zero-order chi connectivity index (χ0) is 18.6. The molecule has 0 unspecified atom stereocenters. The number of aromatic nitrogens is 2. The van der Waals surface area contributed by atoms with Gasteiger partial charge >= 0.3 is 5.69 Å². The summed E-state index contributed by atoms with van der Waals surface area (Å²) in [5.74, 6) is 0.669. The number of para-hydroxylation sites is 2. The number of imidazole rings is 1. The van der Waals surface area contributed by atoms with Crippen LogP contribution in [0.4, 0.5) is 0 Å². The summed E-state index contributed by atoms with van der Waals surface area (Å²) in [5.41, 5.74) is 3.31. The van der Waals surface area contributed by atoms with Gasteiger partial charge in [0.1, 0.15) is 0 Å². The predicted octanol–water partition coefficient (Wildman–Crippen LogP) is 2.78. The maximum Gasteiger partial charge on any atom is 0.347 e. The van der Waals surface area contributed by atoms with Crippen LogP contribution in [0.3, 0.4) is 0 Å². The molecular formula is C22H27N3O2. The number of hydrogen-bond donors (Lipinski definition) is 1. The van der Waals surface area contributed by atoms with Crippen LogP contribution < -0.4 is 10.7 Å². The molecule has 0 spiro atoms. The van der Waals surface area contributed by atoms with Crippen molar-refractivity contribution in [1.29, 1.82) is 0 Å². The molecule has 1 N–H and O–H groups in total. The first-order valence-corrected chi connectivity index (χ1v) is 9.88. The van der Waals surface area contributed by atoms with Gasteiger partial charge in [-0.05, 0) is 49.3 Å². The third-order valence-electron chi connectivity index (χ3n) is 5.59. The number of benzene rings is 2. The summed E-state index contributed by atoms with van der Waals surface area (Å²) in [7, 11) is 0. The fourth-order valence-electron chi connectivity index (χ4n) is 4.18. The minimum absolute atomic E-state index is 0.00570. The average Bonchev–Trinajstić information content (AvgIpc) is 2.99. The van der Waals surface area contributed by atoms with E-state index < -0.39 is 0 Å². The van der Waals surface area contributed by atoms with E-state index in [4.69, 9.17) is 5.11 Å². The molecule has 2 heterocycles. The second kappa shape index (κ2) is 8.01. The Balaban J connectivity index is 1.54. The zero-order valence-electron chi connectivity index (χ0n) is 15.6. The summed E-state index contributed by atoms with van der Waals surface area (Å²) >= 11 is 0. The van der Waals surface area contributed by atoms with Crippen LogP contribution in [0.25, 0.3) is 11.0 Å². The molecule has 1 aliphatic heterocycles. The van der Waals surface area contributed by atoms with Crippen molar-refractivity contribution in [3.8, 4) is 0 Å². The Labute approximate surface area is 159 Å². The van der Waals surface area contributed by atoms with Gasteiger partial charge in [-0.2, -0.15) is 0 Å². The maximum absolute atomic E-state index is 13.1. The van der Waals surface area contributed by atoms with Crippen molar-refractivity contribution in [3.63, 3.8) is 0 Å². The number of aliphatic hydroxyl groups excluding tert-OH is 1. The molecule has 0 saturated carbocycles. The van der Waals surface area contributed by atoms with Crippen molar-refractivity contribution in [1.82, 2.24) is 9.24 Å². The Morgan fingerprint density at radius 2 is 1.59 bits per heavy atom. The molecule has 2 aromatic carbocycles. The molecule has 1 fully saturated rings. The van der Waals surface area contributed by atoms with Gasteiger partial charge in [0, 0.05) is 26.2 Å². The first-order valence-electron chi connectivity index (χ1n) is 9.88. The molecule has 0 bridgehead atoms. The lowest BCUT2D eigenvalue weighted by atomic mass is 9.91. The molecule has 3 aromatic rings. The highest BCUT2D eigenvalue weighted by Gasteiger charge is 2.23. The highest BCUT2D eigenvalue weighted by atomic mass is 16.3. The quantitative estimate of drug-likeness (QED) is 0.731. The van der Waals surface area contributed by atoms with Gasteiger partial charge in [-0.1, -0.05) is 42.5 Å². The highest BCUT2D eigenvalue weighted by Crippen LogP contribution is 2.22. The Hall–Kier alpha value is -2.53. The van der Waals surface area contributed by atoms with E-state index in [0.717, 1.165) is 43.4 Å². The molecule has 5 heteroatoms. The van der Waals surface area contributed by atoms with Gasteiger partial charge in [-0.15, -0.1) is 0 Å². The topological polar surface area (TPSA) is 50.4 Å². The average molecular weight is 365 g/mol. The molecule has 0 atom stereocenters. The lowest BCUT2D eigenvalue weighted by molar-refractivity contribution is 0.279. The minimum atomic E-state index is 0.00570. The van der Waals surface area contributed by atoms with Crippen LogP contribution in [-0.2, 0) is 13.0 Å². The molecular weight excluding hydrogens is 338 g/mol. The van der Waals surface area contributed by atoms with Crippen molar-refractivity contribution < 1.29 is 5.11 Å². The Morgan fingerprint density at radius 3 is 2.30 bits per heavy atom. The monoisotopic (exact) mass is 365 g/mol. The first kappa shape index (κ1) is 17.9. The van der Waals surface area contributed by atoms with Crippen LogP contribution in [0.15, 0.2) is 59.4 Å². The highest BCUT2D eigenvalue weighted by molar-refractivity contribution is 5.76. The molecule has 5 nitrogen and oxygen atoms in total. The maximum atomic E-state index is 13.1. The molecule has 4 rings (SSSR count). The van der Waals surface area contributed by atoms with Gasteiger partial charge in [0.25, 0.3) is 0 Å². The minimum Gasteiger partial charge on any atom is -0.396 e. The lowest BCUT2D eigenvalue weighted by Gasteiger charge is -2.33. The number of rotatable bonds is 6. The summed E-state index contributed by atoms with van der Waals surface area (Å²) in [5, 5.41) is 11.4. The van der Waals surface area contributed by atoms with Gasteiger partial charge < -0.3 is 10.1 Å². The smallest absolute Gasteiger partial charge is 0.347 e. The van der Waals surface area contributed by atoms with Crippen molar-refractivity contribution in [2.24, 2.45) is 5.92 Å². The second-order valence-electron chi connectivity index (χ2n) is 7.40. The van der Waals surface area contributed by atoms with E-state index in [1.807, 2.05) is 28.9 Å².